The van der Waals surface area contributed by atoms with Crippen molar-refractivity contribution >= 4 is 11.8 Å². The van der Waals surface area contributed by atoms with E-state index in [1.54, 1.807) is 29.2 Å². The van der Waals surface area contributed by atoms with Gasteiger partial charge in [0.15, 0.2) is 11.8 Å². The van der Waals surface area contributed by atoms with Crippen molar-refractivity contribution in [1.29, 1.82) is 5.26 Å². The van der Waals surface area contributed by atoms with Crippen LogP contribution in [0.3, 0.4) is 0 Å². The molecule has 160 valence electrons. The lowest BCUT2D eigenvalue weighted by atomic mass is 10.1. The summed E-state index contributed by atoms with van der Waals surface area (Å²) in [6.07, 6.45) is 5.00. The van der Waals surface area contributed by atoms with Gasteiger partial charge in [-0.05, 0) is 23.8 Å². The van der Waals surface area contributed by atoms with Gasteiger partial charge in [0, 0.05) is 38.6 Å². The molecule has 1 saturated heterocycles. The minimum atomic E-state index is -0.525. The van der Waals surface area contributed by atoms with Gasteiger partial charge in [0.25, 0.3) is 11.8 Å². The molecule has 1 aliphatic heterocycles. The quantitative estimate of drug-likeness (QED) is 0.481. The second kappa shape index (κ2) is 8.43. The van der Waals surface area contributed by atoms with Crippen molar-refractivity contribution in [2.75, 3.05) is 31.1 Å². The largest absolute Gasteiger partial charge is 0.459 e. The molecular formula is C23H20N6O3. The maximum absolute atomic E-state index is 13.5. The van der Waals surface area contributed by atoms with Crippen molar-refractivity contribution in [3.63, 3.8) is 0 Å². The van der Waals surface area contributed by atoms with Gasteiger partial charge in [0.1, 0.15) is 6.07 Å². The minimum absolute atomic E-state index is 0.0195. The van der Waals surface area contributed by atoms with Crippen LogP contribution in [0.1, 0.15) is 17.3 Å². The summed E-state index contributed by atoms with van der Waals surface area (Å²) in [4.78, 5) is 21.5. The van der Waals surface area contributed by atoms with Crippen molar-refractivity contribution in [3.8, 4) is 17.7 Å². The fraction of sp³-hybridized carbons (Fsp3) is 0.217. The van der Waals surface area contributed by atoms with Gasteiger partial charge < -0.3 is 18.6 Å². The van der Waals surface area contributed by atoms with Crippen molar-refractivity contribution in [2.24, 2.45) is 0 Å². The first-order valence-corrected chi connectivity index (χ1v) is 10.3. The van der Waals surface area contributed by atoms with Crippen LogP contribution in [0.5, 0.6) is 0 Å². The third kappa shape index (κ3) is 3.63. The zero-order valence-electron chi connectivity index (χ0n) is 17.2. The average Bonchev–Trinajstić information content (AvgIpc) is 3.62. The van der Waals surface area contributed by atoms with Crippen LogP contribution in [0, 0.1) is 11.3 Å². The highest BCUT2D eigenvalue weighted by Crippen LogP contribution is 2.29. The van der Waals surface area contributed by atoms with Crippen molar-refractivity contribution in [2.45, 2.75) is 6.04 Å². The molecule has 1 unspecified atom stereocenters. The summed E-state index contributed by atoms with van der Waals surface area (Å²) in [7, 11) is 0. The number of anilines is 1. The number of benzene rings is 1. The molecule has 1 aromatic carbocycles. The molecule has 32 heavy (non-hydrogen) atoms. The second-order valence-corrected chi connectivity index (χ2v) is 7.37. The molecule has 0 radical (unpaired) electrons. The van der Waals surface area contributed by atoms with E-state index < -0.39 is 6.04 Å². The Morgan fingerprint density at radius 2 is 1.88 bits per heavy atom. The monoisotopic (exact) mass is 428 g/mol. The van der Waals surface area contributed by atoms with E-state index in [2.05, 4.69) is 16.2 Å². The van der Waals surface area contributed by atoms with Gasteiger partial charge in [-0.25, -0.2) is 0 Å². The van der Waals surface area contributed by atoms with Crippen molar-refractivity contribution < 1.29 is 13.6 Å². The summed E-state index contributed by atoms with van der Waals surface area (Å²) < 4.78 is 12.9. The fourth-order valence-electron chi connectivity index (χ4n) is 3.88. The second-order valence-electron chi connectivity index (χ2n) is 7.37. The topological polar surface area (TPSA) is 104 Å². The van der Waals surface area contributed by atoms with Gasteiger partial charge in [-0.3, -0.25) is 9.48 Å². The summed E-state index contributed by atoms with van der Waals surface area (Å²) in [6, 6.07) is 16.5. The standard InChI is InChI=1S/C23H20N6O3/c24-16-18-23(32-21(26-18)19-8-4-15-31-19)28-13-11-27(12-14-28)22(30)20(29-10-5-9-25-29)17-6-2-1-3-7-17/h1-10,15,20H,11-14H2. The van der Waals surface area contributed by atoms with Crippen LogP contribution in [0.15, 0.2) is 76.0 Å². The van der Waals surface area contributed by atoms with Gasteiger partial charge in [0.2, 0.25) is 11.6 Å². The molecule has 9 nitrogen and oxygen atoms in total. The Hall–Kier alpha value is -4.32. The van der Waals surface area contributed by atoms with Crippen LogP contribution >= 0.6 is 0 Å². The Morgan fingerprint density at radius 3 is 2.53 bits per heavy atom. The number of carbonyl (C=O) groups excluding carboxylic acids is 1. The lowest BCUT2D eigenvalue weighted by molar-refractivity contribution is -0.134. The molecular weight excluding hydrogens is 408 g/mol. The molecule has 0 aliphatic carbocycles. The maximum atomic E-state index is 13.5. The molecule has 1 fully saturated rings. The molecule has 1 aliphatic rings. The normalized spacial score (nSPS) is 14.8. The highest BCUT2D eigenvalue weighted by molar-refractivity contribution is 5.84. The maximum Gasteiger partial charge on any atom is 0.266 e. The SMILES string of the molecule is N#Cc1nc(-c2ccco2)oc1N1CCN(C(=O)C(c2ccccc2)n2cccn2)CC1. The molecule has 0 saturated carbocycles. The first-order chi connectivity index (χ1) is 15.7. The van der Waals surface area contributed by atoms with Crippen LogP contribution in [-0.2, 0) is 4.79 Å². The predicted molar refractivity (Wildman–Crippen MR) is 115 cm³/mol. The van der Waals surface area contributed by atoms with E-state index in [1.807, 2.05) is 46.2 Å². The molecule has 1 atom stereocenters. The van der Waals surface area contributed by atoms with Gasteiger partial charge in [-0.15, -0.1) is 0 Å². The highest BCUT2D eigenvalue weighted by Gasteiger charge is 2.32. The molecule has 0 bridgehead atoms. The number of rotatable bonds is 5. The summed E-state index contributed by atoms with van der Waals surface area (Å²) >= 11 is 0. The Kier molecular flexibility index (Phi) is 5.17. The number of piperazine rings is 1. The third-order valence-electron chi connectivity index (χ3n) is 5.46. The number of furan rings is 1. The molecule has 9 heteroatoms. The number of nitrogens with zero attached hydrogens (tertiary/aromatic N) is 6. The Balaban J connectivity index is 1.33. The summed E-state index contributed by atoms with van der Waals surface area (Å²) in [5.41, 5.74) is 1.09. The zero-order chi connectivity index (χ0) is 21.9. The van der Waals surface area contributed by atoms with Gasteiger partial charge in [0.05, 0.1) is 6.26 Å². The van der Waals surface area contributed by atoms with Crippen LogP contribution in [0.25, 0.3) is 11.7 Å². The lowest BCUT2D eigenvalue weighted by Gasteiger charge is -2.36. The zero-order valence-corrected chi connectivity index (χ0v) is 17.2. The molecule has 1 amide bonds. The van der Waals surface area contributed by atoms with Crippen LogP contribution < -0.4 is 4.90 Å². The molecule has 0 spiro atoms. The van der Waals surface area contributed by atoms with Crippen molar-refractivity contribution in [1.82, 2.24) is 19.7 Å². The molecule has 4 heterocycles. The first-order valence-electron chi connectivity index (χ1n) is 10.3. The number of hydrogen-bond acceptors (Lipinski definition) is 7. The minimum Gasteiger partial charge on any atom is -0.459 e. The number of amides is 1. The molecule has 4 aromatic rings. The van der Waals surface area contributed by atoms with Gasteiger partial charge >= 0.3 is 0 Å². The van der Waals surface area contributed by atoms with E-state index in [0.29, 0.717) is 37.8 Å². The fourth-order valence-corrected chi connectivity index (χ4v) is 3.88. The Morgan fingerprint density at radius 1 is 1.06 bits per heavy atom. The molecule has 3 aromatic heterocycles. The van der Waals surface area contributed by atoms with E-state index in [1.165, 1.54) is 6.26 Å². The van der Waals surface area contributed by atoms with E-state index in [9.17, 15) is 10.1 Å². The Labute approximate surface area is 184 Å². The Bertz CT molecular complexity index is 1220. The highest BCUT2D eigenvalue weighted by atomic mass is 16.4. The summed E-state index contributed by atoms with van der Waals surface area (Å²) in [5.74, 6) is 1.11. The van der Waals surface area contributed by atoms with Crippen molar-refractivity contribution in [3.05, 3.63) is 78.4 Å². The number of hydrogen-bond donors (Lipinski definition) is 0. The number of oxazole rings is 1. The number of carbonyl (C=O) groups is 1. The predicted octanol–water partition coefficient (Wildman–Crippen LogP) is 2.94. The van der Waals surface area contributed by atoms with E-state index in [4.69, 9.17) is 8.83 Å². The van der Waals surface area contributed by atoms with Gasteiger partial charge in [-0.2, -0.15) is 15.3 Å². The van der Waals surface area contributed by atoms with E-state index in [-0.39, 0.29) is 17.5 Å². The lowest BCUT2D eigenvalue weighted by Crippen LogP contribution is -2.51. The molecule has 5 rings (SSSR count). The number of aromatic nitrogens is 3. The average molecular weight is 428 g/mol. The third-order valence-corrected chi connectivity index (χ3v) is 5.46. The van der Waals surface area contributed by atoms with Crippen LogP contribution in [0.2, 0.25) is 0 Å². The van der Waals surface area contributed by atoms with E-state index >= 15 is 0 Å². The first kappa shape index (κ1) is 19.6. The van der Waals surface area contributed by atoms with E-state index in [0.717, 1.165) is 5.56 Å². The summed E-state index contributed by atoms with van der Waals surface area (Å²) in [5, 5.41) is 13.8. The van der Waals surface area contributed by atoms with Crippen LogP contribution in [0.4, 0.5) is 5.88 Å². The number of nitriles is 1. The molecule has 0 N–H and O–H groups in total. The summed E-state index contributed by atoms with van der Waals surface area (Å²) in [6.45, 7) is 2.03. The van der Waals surface area contributed by atoms with Crippen LogP contribution in [-0.4, -0.2) is 51.8 Å². The smallest absolute Gasteiger partial charge is 0.266 e. The van der Waals surface area contributed by atoms with Gasteiger partial charge in [-0.1, -0.05) is 30.3 Å².